The lowest BCUT2D eigenvalue weighted by atomic mass is 10.2. The first-order valence-corrected chi connectivity index (χ1v) is 3.72. The minimum absolute atomic E-state index is 0.377. The summed E-state index contributed by atoms with van der Waals surface area (Å²) in [5, 5.41) is 5.72. The van der Waals surface area contributed by atoms with Gasteiger partial charge < -0.3 is 5.32 Å². The summed E-state index contributed by atoms with van der Waals surface area (Å²) in [7, 11) is 1.80. The fraction of sp³-hybridized carbons (Fsp3) is 0.125. The van der Waals surface area contributed by atoms with Crippen LogP contribution in [0.4, 0.5) is 5.69 Å². The average Bonchev–Trinajstić information content (AvgIpc) is 2.18. The SMILES string of the molecule is CNc1ccc(C(=O)NN=N)cc1. The lowest BCUT2D eigenvalue weighted by Crippen LogP contribution is -2.16. The largest absolute Gasteiger partial charge is 0.388 e. The molecule has 5 nitrogen and oxygen atoms in total. The van der Waals surface area contributed by atoms with Gasteiger partial charge in [-0.2, -0.15) is 5.53 Å². The molecule has 0 aliphatic carbocycles. The monoisotopic (exact) mass is 178 g/mol. The molecule has 0 radical (unpaired) electrons. The predicted octanol–water partition coefficient (Wildman–Crippen LogP) is 1.40. The first-order valence-electron chi connectivity index (χ1n) is 3.72. The van der Waals surface area contributed by atoms with Crippen LogP contribution < -0.4 is 10.7 Å². The maximum absolute atomic E-state index is 11.1. The standard InChI is InChI=1S/C8H10N4O/c1-10-7-4-2-6(3-5-7)8(13)11-12-9/h2-5,10H,1H3,(H2,9,11,13). The van der Waals surface area contributed by atoms with Gasteiger partial charge in [0.1, 0.15) is 0 Å². The smallest absolute Gasteiger partial charge is 0.272 e. The van der Waals surface area contributed by atoms with Crippen LogP contribution in [0.5, 0.6) is 0 Å². The summed E-state index contributed by atoms with van der Waals surface area (Å²) in [6, 6.07) is 6.87. The summed E-state index contributed by atoms with van der Waals surface area (Å²) in [6.07, 6.45) is 0. The molecule has 3 N–H and O–H groups in total. The average molecular weight is 178 g/mol. The molecule has 0 saturated carbocycles. The Hall–Kier alpha value is -1.91. The number of rotatable bonds is 3. The van der Waals surface area contributed by atoms with Gasteiger partial charge in [0.25, 0.3) is 5.91 Å². The van der Waals surface area contributed by atoms with Gasteiger partial charge in [-0.3, -0.25) is 4.79 Å². The summed E-state index contributed by atoms with van der Waals surface area (Å²) in [5.74, 6) is -0.377. The number of amides is 1. The topological polar surface area (TPSA) is 77.3 Å². The molecule has 1 aromatic rings. The summed E-state index contributed by atoms with van der Waals surface area (Å²) >= 11 is 0. The molecule has 0 atom stereocenters. The molecular formula is C8H10N4O. The Bertz CT molecular complexity index is 306. The Labute approximate surface area is 75.6 Å². The zero-order valence-electron chi connectivity index (χ0n) is 7.16. The Morgan fingerprint density at radius 1 is 1.38 bits per heavy atom. The Morgan fingerprint density at radius 3 is 2.46 bits per heavy atom. The second-order valence-corrected chi connectivity index (χ2v) is 2.38. The van der Waals surface area contributed by atoms with Crippen LogP contribution in [0.3, 0.4) is 0 Å². The van der Waals surface area contributed by atoms with Gasteiger partial charge in [0.2, 0.25) is 0 Å². The van der Waals surface area contributed by atoms with Crippen LogP contribution in [0.25, 0.3) is 0 Å². The van der Waals surface area contributed by atoms with Crippen molar-refractivity contribution in [3.63, 3.8) is 0 Å². The highest BCUT2D eigenvalue weighted by Crippen LogP contribution is 2.07. The highest BCUT2D eigenvalue weighted by atomic mass is 16.2. The molecule has 0 heterocycles. The fourth-order valence-corrected chi connectivity index (χ4v) is 0.904. The Morgan fingerprint density at radius 2 is 2.00 bits per heavy atom. The van der Waals surface area contributed by atoms with E-state index in [0.717, 1.165) is 5.69 Å². The minimum atomic E-state index is -0.377. The van der Waals surface area contributed by atoms with Crippen molar-refractivity contribution in [3.8, 4) is 0 Å². The number of benzene rings is 1. The Kier molecular flexibility index (Phi) is 2.97. The summed E-state index contributed by atoms with van der Waals surface area (Å²) in [5.41, 5.74) is 9.88. The van der Waals surface area contributed by atoms with E-state index in [1.807, 2.05) is 5.43 Å². The van der Waals surface area contributed by atoms with Crippen molar-refractivity contribution in [2.45, 2.75) is 0 Å². The van der Waals surface area contributed by atoms with E-state index in [0.29, 0.717) is 5.56 Å². The van der Waals surface area contributed by atoms with E-state index in [1.54, 1.807) is 31.3 Å². The summed E-state index contributed by atoms with van der Waals surface area (Å²) in [4.78, 5) is 11.1. The van der Waals surface area contributed by atoms with Crippen LogP contribution in [0.2, 0.25) is 0 Å². The molecule has 0 aliphatic heterocycles. The molecule has 0 bridgehead atoms. The number of anilines is 1. The van der Waals surface area contributed by atoms with Crippen LogP contribution in [0.15, 0.2) is 29.5 Å². The molecule has 0 unspecified atom stereocenters. The van der Waals surface area contributed by atoms with Gasteiger partial charge in [0.15, 0.2) is 0 Å². The molecule has 0 spiro atoms. The van der Waals surface area contributed by atoms with E-state index in [-0.39, 0.29) is 5.91 Å². The van der Waals surface area contributed by atoms with Crippen molar-refractivity contribution in [2.75, 3.05) is 12.4 Å². The molecule has 68 valence electrons. The molecule has 0 aromatic heterocycles. The van der Waals surface area contributed by atoms with Gasteiger partial charge in [-0.05, 0) is 24.3 Å². The Balaban J connectivity index is 2.79. The molecule has 1 aromatic carbocycles. The van der Waals surface area contributed by atoms with Gasteiger partial charge in [-0.1, -0.05) is 5.22 Å². The quantitative estimate of drug-likeness (QED) is 0.483. The predicted molar refractivity (Wildman–Crippen MR) is 48.6 cm³/mol. The number of carbonyl (C=O) groups is 1. The van der Waals surface area contributed by atoms with Crippen molar-refractivity contribution in [2.24, 2.45) is 5.22 Å². The van der Waals surface area contributed by atoms with E-state index in [9.17, 15) is 4.79 Å². The maximum Gasteiger partial charge on any atom is 0.272 e. The molecule has 1 rings (SSSR count). The highest BCUT2D eigenvalue weighted by Gasteiger charge is 2.02. The number of carbonyl (C=O) groups excluding carboxylic acids is 1. The summed E-state index contributed by atoms with van der Waals surface area (Å²) < 4.78 is 0. The second-order valence-electron chi connectivity index (χ2n) is 2.38. The number of nitrogens with one attached hydrogen (secondary N) is 3. The van der Waals surface area contributed by atoms with Crippen molar-refractivity contribution < 1.29 is 4.79 Å². The molecular weight excluding hydrogens is 168 g/mol. The first-order chi connectivity index (χ1) is 6.27. The third-order valence-electron chi connectivity index (χ3n) is 1.59. The van der Waals surface area contributed by atoms with Crippen molar-refractivity contribution in [3.05, 3.63) is 29.8 Å². The second kappa shape index (κ2) is 4.20. The zero-order chi connectivity index (χ0) is 9.68. The van der Waals surface area contributed by atoms with E-state index >= 15 is 0 Å². The van der Waals surface area contributed by atoms with E-state index in [1.165, 1.54) is 0 Å². The third-order valence-corrected chi connectivity index (χ3v) is 1.59. The normalized spacial score (nSPS) is 9.00. The van der Waals surface area contributed by atoms with E-state index in [4.69, 9.17) is 5.53 Å². The van der Waals surface area contributed by atoms with Crippen LogP contribution in [0.1, 0.15) is 10.4 Å². The molecule has 0 saturated heterocycles. The van der Waals surface area contributed by atoms with Crippen molar-refractivity contribution in [1.29, 1.82) is 5.53 Å². The third kappa shape index (κ3) is 2.26. The number of nitrogens with zero attached hydrogens (tertiary/aromatic N) is 1. The van der Waals surface area contributed by atoms with E-state index < -0.39 is 0 Å². The lowest BCUT2D eigenvalue weighted by molar-refractivity contribution is 0.0950. The summed E-state index contributed by atoms with van der Waals surface area (Å²) in [6.45, 7) is 0. The van der Waals surface area contributed by atoms with Gasteiger partial charge >= 0.3 is 0 Å². The zero-order valence-corrected chi connectivity index (χ0v) is 7.16. The molecule has 5 heteroatoms. The van der Waals surface area contributed by atoms with Crippen LogP contribution in [-0.4, -0.2) is 13.0 Å². The molecule has 0 fully saturated rings. The lowest BCUT2D eigenvalue weighted by Gasteiger charge is -2.01. The maximum atomic E-state index is 11.1. The number of hydrogen-bond donors (Lipinski definition) is 3. The van der Waals surface area contributed by atoms with Gasteiger partial charge in [0, 0.05) is 18.3 Å². The van der Waals surface area contributed by atoms with Gasteiger partial charge in [-0.15, -0.1) is 0 Å². The molecule has 1 amide bonds. The van der Waals surface area contributed by atoms with Crippen LogP contribution in [-0.2, 0) is 0 Å². The highest BCUT2D eigenvalue weighted by molar-refractivity contribution is 5.94. The van der Waals surface area contributed by atoms with Crippen LogP contribution >= 0.6 is 0 Å². The minimum Gasteiger partial charge on any atom is -0.388 e. The van der Waals surface area contributed by atoms with Gasteiger partial charge in [-0.25, -0.2) is 5.43 Å². The number of hydrogen-bond acceptors (Lipinski definition) is 4. The fourth-order valence-electron chi connectivity index (χ4n) is 0.904. The van der Waals surface area contributed by atoms with Crippen molar-refractivity contribution in [1.82, 2.24) is 5.43 Å². The first kappa shape index (κ1) is 9.18. The molecule has 13 heavy (non-hydrogen) atoms. The van der Waals surface area contributed by atoms with Gasteiger partial charge in [0.05, 0.1) is 0 Å². The van der Waals surface area contributed by atoms with E-state index in [2.05, 4.69) is 10.5 Å². The van der Waals surface area contributed by atoms with Crippen molar-refractivity contribution >= 4 is 11.6 Å². The van der Waals surface area contributed by atoms with Crippen LogP contribution in [0, 0.1) is 5.53 Å². The molecule has 0 aliphatic rings.